The van der Waals surface area contributed by atoms with Crippen LogP contribution >= 0.6 is 11.3 Å². The van der Waals surface area contributed by atoms with E-state index in [2.05, 4.69) is 10.3 Å². The minimum absolute atomic E-state index is 0.0334. The van der Waals surface area contributed by atoms with Crippen LogP contribution in [0.15, 0.2) is 29.6 Å². The average molecular weight is 322 g/mol. The first-order valence-electron chi connectivity index (χ1n) is 6.73. The number of thiazole rings is 1. The Hall–Kier alpha value is -2.28. The molecule has 22 heavy (non-hydrogen) atoms. The van der Waals surface area contributed by atoms with Crippen LogP contribution in [0.3, 0.4) is 0 Å². The number of carboxylic acid groups (broad SMARTS) is 1. The lowest BCUT2D eigenvalue weighted by molar-refractivity contribution is -0.137. The number of hydrogen-bond donors (Lipinski definition) is 2. The lowest BCUT2D eigenvalue weighted by Crippen LogP contribution is -2.26. The summed E-state index contributed by atoms with van der Waals surface area (Å²) in [7, 11) is 0. The van der Waals surface area contributed by atoms with E-state index in [1.165, 1.54) is 23.5 Å². The van der Waals surface area contributed by atoms with Gasteiger partial charge in [0.25, 0.3) is 0 Å². The number of hydrogen-bond acceptors (Lipinski definition) is 4. The largest absolute Gasteiger partial charge is 0.481 e. The first-order valence-corrected chi connectivity index (χ1v) is 7.61. The van der Waals surface area contributed by atoms with Gasteiger partial charge in [0.05, 0.1) is 12.1 Å². The molecule has 2 N–H and O–H groups in total. The van der Waals surface area contributed by atoms with Crippen LogP contribution in [0.1, 0.15) is 18.5 Å². The molecule has 0 bridgehead atoms. The van der Waals surface area contributed by atoms with Crippen LogP contribution in [0.4, 0.5) is 4.39 Å². The summed E-state index contributed by atoms with van der Waals surface area (Å²) in [5, 5.41) is 13.7. The van der Waals surface area contributed by atoms with E-state index in [4.69, 9.17) is 5.11 Å². The van der Waals surface area contributed by atoms with Crippen molar-refractivity contribution in [2.24, 2.45) is 0 Å². The van der Waals surface area contributed by atoms with E-state index in [0.717, 1.165) is 10.6 Å². The van der Waals surface area contributed by atoms with Gasteiger partial charge in [-0.2, -0.15) is 0 Å². The fraction of sp³-hybridized carbons (Fsp3) is 0.267. The maximum Gasteiger partial charge on any atom is 0.303 e. The second-order valence-electron chi connectivity index (χ2n) is 4.67. The Kier molecular flexibility index (Phi) is 5.60. The van der Waals surface area contributed by atoms with Gasteiger partial charge in [0.15, 0.2) is 0 Å². The maximum atomic E-state index is 12.9. The molecule has 1 aromatic heterocycles. The normalized spacial score (nSPS) is 10.4. The summed E-state index contributed by atoms with van der Waals surface area (Å²) in [5.74, 6) is -1.37. The zero-order valence-corrected chi connectivity index (χ0v) is 12.5. The number of carbonyl (C=O) groups is 2. The van der Waals surface area contributed by atoms with Crippen LogP contribution < -0.4 is 5.32 Å². The Morgan fingerprint density at radius 1 is 1.27 bits per heavy atom. The number of carboxylic acids is 1. The monoisotopic (exact) mass is 322 g/mol. The Morgan fingerprint density at radius 3 is 2.68 bits per heavy atom. The highest BCUT2D eigenvalue weighted by Crippen LogP contribution is 2.23. The standard InChI is InChI=1S/C15H15FN2O3S/c16-11-5-3-10(4-6-11)15-18-12(9-22-15)8-13(19)17-7-1-2-14(20)21/h3-6,9H,1-2,7-8H2,(H,17,19)(H,20,21). The van der Waals surface area contributed by atoms with Crippen molar-refractivity contribution in [1.29, 1.82) is 0 Å². The number of nitrogens with one attached hydrogen (secondary N) is 1. The van der Waals surface area contributed by atoms with Gasteiger partial charge in [-0.1, -0.05) is 0 Å². The molecule has 2 rings (SSSR count). The van der Waals surface area contributed by atoms with Crippen LogP contribution in [0.25, 0.3) is 10.6 Å². The van der Waals surface area contributed by atoms with E-state index in [0.29, 0.717) is 18.7 Å². The van der Waals surface area contributed by atoms with Crippen molar-refractivity contribution in [3.8, 4) is 10.6 Å². The summed E-state index contributed by atoms with van der Waals surface area (Å²) in [6, 6.07) is 6.02. The molecule has 1 heterocycles. The maximum absolute atomic E-state index is 12.9. The zero-order chi connectivity index (χ0) is 15.9. The zero-order valence-electron chi connectivity index (χ0n) is 11.7. The highest BCUT2D eigenvalue weighted by molar-refractivity contribution is 7.13. The molecule has 0 aliphatic rings. The van der Waals surface area contributed by atoms with Gasteiger partial charge in [-0.3, -0.25) is 9.59 Å². The predicted molar refractivity (Wildman–Crippen MR) is 81.1 cm³/mol. The molecule has 0 aliphatic carbocycles. The molecule has 1 amide bonds. The second kappa shape index (κ2) is 7.65. The molecule has 116 valence electrons. The number of aromatic nitrogens is 1. The van der Waals surface area contributed by atoms with Crippen LogP contribution in [0.5, 0.6) is 0 Å². The molecule has 0 spiro atoms. The van der Waals surface area contributed by atoms with E-state index in [-0.39, 0.29) is 24.6 Å². The van der Waals surface area contributed by atoms with Crippen molar-refractivity contribution in [2.45, 2.75) is 19.3 Å². The summed E-state index contributed by atoms with van der Waals surface area (Å²) in [5.41, 5.74) is 1.44. The molecular weight excluding hydrogens is 307 g/mol. The smallest absolute Gasteiger partial charge is 0.303 e. The van der Waals surface area contributed by atoms with Crippen LogP contribution in [0.2, 0.25) is 0 Å². The van der Waals surface area contributed by atoms with Crippen molar-refractivity contribution in [2.75, 3.05) is 6.54 Å². The predicted octanol–water partition coefficient (Wildman–Crippen LogP) is 2.47. The van der Waals surface area contributed by atoms with Gasteiger partial charge >= 0.3 is 5.97 Å². The summed E-state index contributed by atoms with van der Waals surface area (Å²) >= 11 is 1.39. The first-order chi connectivity index (χ1) is 10.5. The van der Waals surface area contributed by atoms with Gasteiger partial charge in [-0.25, -0.2) is 9.37 Å². The molecule has 2 aromatic rings. The fourth-order valence-electron chi connectivity index (χ4n) is 1.81. The molecule has 7 heteroatoms. The van der Waals surface area contributed by atoms with Gasteiger partial charge in [0.2, 0.25) is 5.91 Å². The quantitative estimate of drug-likeness (QED) is 0.768. The van der Waals surface area contributed by atoms with E-state index < -0.39 is 5.97 Å². The fourth-order valence-corrected chi connectivity index (χ4v) is 2.63. The Morgan fingerprint density at radius 2 is 2.00 bits per heavy atom. The number of nitrogens with zero attached hydrogens (tertiary/aromatic N) is 1. The van der Waals surface area contributed by atoms with Gasteiger partial charge in [-0.05, 0) is 30.7 Å². The highest BCUT2D eigenvalue weighted by atomic mass is 32.1. The van der Waals surface area contributed by atoms with Gasteiger partial charge in [0.1, 0.15) is 10.8 Å². The van der Waals surface area contributed by atoms with Crippen LogP contribution in [0, 0.1) is 5.82 Å². The van der Waals surface area contributed by atoms with Crippen molar-refractivity contribution >= 4 is 23.2 Å². The molecule has 0 radical (unpaired) electrons. The minimum atomic E-state index is -0.877. The molecule has 0 saturated carbocycles. The van der Waals surface area contributed by atoms with Crippen molar-refractivity contribution < 1.29 is 19.1 Å². The van der Waals surface area contributed by atoms with E-state index in [1.54, 1.807) is 17.5 Å². The number of benzene rings is 1. The Bertz CT molecular complexity index is 655. The number of aliphatic carboxylic acids is 1. The van der Waals surface area contributed by atoms with Crippen molar-refractivity contribution in [3.63, 3.8) is 0 Å². The third kappa shape index (κ3) is 4.92. The number of halogens is 1. The average Bonchev–Trinajstić information content (AvgIpc) is 2.92. The van der Waals surface area contributed by atoms with E-state index in [1.807, 2.05) is 0 Å². The summed E-state index contributed by atoms with van der Waals surface area (Å²) in [6.07, 6.45) is 0.579. The number of rotatable bonds is 7. The van der Waals surface area contributed by atoms with Crippen molar-refractivity contribution in [3.05, 3.63) is 41.2 Å². The van der Waals surface area contributed by atoms with Crippen molar-refractivity contribution in [1.82, 2.24) is 10.3 Å². The van der Waals surface area contributed by atoms with Gasteiger partial charge in [-0.15, -0.1) is 11.3 Å². The number of amides is 1. The van der Waals surface area contributed by atoms with Gasteiger partial charge < -0.3 is 10.4 Å². The summed E-state index contributed by atoms with van der Waals surface area (Å²) in [4.78, 5) is 26.4. The topological polar surface area (TPSA) is 79.3 Å². The third-order valence-electron chi connectivity index (χ3n) is 2.87. The van der Waals surface area contributed by atoms with E-state index >= 15 is 0 Å². The molecule has 1 aromatic carbocycles. The first kappa shape index (κ1) is 16.1. The molecular formula is C15H15FN2O3S. The minimum Gasteiger partial charge on any atom is -0.481 e. The molecule has 0 aliphatic heterocycles. The summed E-state index contributed by atoms with van der Waals surface area (Å²) in [6.45, 7) is 0.333. The Labute approximate surface area is 130 Å². The molecule has 0 unspecified atom stereocenters. The molecule has 0 saturated heterocycles. The molecule has 5 nitrogen and oxygen atoms in total. The lowest BCUT2D eigenvalue weighted by Gasteiger charge is -2.02. The Balaban J connectivity index is 1.85. The highest BCUT2D eigenvalue weighted by Gasteiger charge is 2.09. The number of carbonyl (C=O) groups excluding carboxylic acids is 1. The molecule has 0 fully saturated rings. The molecule has 0 atom stereocenters. The third-order valence-corrected chi connectivity index (χ3v) is 3.81. The van der Waals surface area contributed by atoms with Crippen LogP contribution in [-0.2, 0) is 16.0 Å². The SMILES string of the molecule is O=C(O)CCCNC(=O)Cc1csc(-c2ccc(F)cc2)n1. The van der Waals surface area contributed by atoms with Gasteiger partial charge in [0, 0.05) is 23.9 Å². The lowest BCUT2D eigenvalue weighted by atomic mass is 10.2. The van der Waals surface area contributed by atoms with E-state index in [9.17, 15) is 14.0 Å². The second-order valence-corrected chi connectivity index (χ2v) is 5.53. The summed E-state index contributed by atoms with van der Waals surface area (Å²) < 4.78 is 12.9. The van der Waals surface area contributed by atoms with Crippen LogP contribution in [-0.4, -0.2) is 28.5 Å².